The van der Waals surface area contributed by atoms with E-state index in [2.05, 4.69) is 34.2 Å². The van der Waals surface area contributed by atoms with Gasteiger partial charge in [0, 0.05) is 16.0 Å². The topological polar surface area (TPSA) is 12.0 Å². The maximum atomic E-state index is 5.88. The molecule has 1 N–H and O–H groups in total. The minimum Gasteiger partial charge on any atom is -0.312 e. The molecule has 0 heterocycles. The molecule has 1 nitrogen and oxygen atoms in total. The number of benzene rings is 1. The fraction of sp³-hybridized carbons (Fsp3) is 0.500. The lowest BCUT2D eigenvalue weighted by molar-refractivity contribution is 0.611. The van der Waals surface area contributed by atoms with E-state index in [-0.39, 0.29) is 0 Å². The normalized spacial score (nSPS) is 24.2. The van der Waals surface area contributed by atoms with E-state index in [1.807, 2.05) is 12.1 Å². The Labute approximate surface area is 104 Å². The van der Waals surface area contributed by atoms with Gasteiger partial charge in [-0.1, -0.05) is 40.5 Å². The van der Waals surface area contributed by atoms with Gasteiger partial charge in [-0.3, -0.25) is 0 Å². The summed E-state index contributed by atoms with van der Waals surface area (Å²) in [6.07, 6.45) is 1.38. The first-order valence-electron chi connectivity index (χ1n) is 5.31. The molecule has 0 saturated heterocycles. The standard InChI is InChI=1S/C12H15BrClN/c1-8-4-10(8)7-15-6-9-2-3-11(14)5-12(9)13/h2-3,5,8,10,15H,4,6-7H2,1H3. The van der Waals surface area contributed by atoms with Crippen LogP contribution in [0.15, 0.2) is 22.7 Å². The second-order valence-electron chi connectivity index (χ2n) is 4.34. The second kappa shape index (κ2) is 4.86. The first kappa shape index (κ1) is 11.4. The highest BCUT2D eigenvalue weighted by Gasteiger charge is 2.31. The lowest BCUT2D eigenvalue weighted by Gasteiger charge is -2.06. The second-order valence-corrected chi connectivity index (χ2v) is 5.63. The highest BCUT2D eigenvalue weighted by Crippen LogP contribution is 2.36. The van der Waals surface area contributed by atoms with Gasteiger partial charge in [-0.05, 0) is 42.5 Å². The number of hydrogen-bond donors (Lipinski definition) is 1. The molecule has 1 aliphatic carbocycles. The highest BCUT2D eigenvalue weighted by atomic mass is 79.9. The molecular formula is C12H15BrClN. The Morgan fingerprint density at radius 2 is 2.27 bits per heavy atom. The lowest BCUT2D eigenvalue weighted by atomic mass is 10.2. The number of halogens is 2. The molecule has 82 valence electrons. The summed E-state index contributed by atoms with van der Waals surface area (Å²) in [4.78, 5) is 0. The maximum Gasteiger partial charge on any atom is 0.0417 e. The molecule has 1 saturated carbocycles. The van der Waals surface area contributed by atoms with Crippen LogP contribution < -0.4 is 5.32 Å². The Morgan fingerprint density at radius 1 is 1.53 bits per heavy atom. The predicted octanol–water partition coefficient (Wildman–Crippen LogP) is 3.85. The molecule has 1 aromatic rings. The smallest absolute Gasteiger partial charge is 0.0417 e. The van der Waals surface area contributed by atoms with Gasteiger partial charge >= 0.3 is 0 Å². The third kappa shape index (κ3) is 3.20. The van der Waals surface area contributed by atoms with Crippen molar-refractivity contribution in [2.45, 2.75) is 19.9 Å². The number of rotatable bonds is 4. The molecule has 15 heavy (non-hydrogen) atoms. The summed E-state index contributed by atoms with van der Waals surface area (Å²) in [6, 6.07) is 5.94. The zero-order valence-electron chi connectivity index (χ0n) is 8.76. The molecule has 0 radical (unpaired) electrons. The lowest BCUT2D eigenvalue weighted by Crippen LogP contribution is -2.17. The van der Waals surface area contributed by atoms with Crippen LogP contribution in [0.4, 0.5) is 0 Å². The van der Waals surface area contributed by atoms with Crippen LogP contribution in [0.2, 0.25) is 5.02 Å². The van der Waals surface area contributed by atoms with Gasteiger partial charge in [0.15, 0.2) is 0 Å². The molecule has 0 amide bonds. The summed E-state index contributed by atoms with van der Waals surface area (Å²) in [5, 5.41) is 4.26. The molecule has 2 unspecified atom stereocenters. The number of nitrogens with one attached hydrogen (secondary N) is 1. The Bertz CT molecular complexity index is 353. The predicted molar refractivity (Wildman–Crippen MR) is 68.1 cm³/mol. The first-order chi connectivity index (χ1) is 7.16. The van der Waals surface area contributed by atoms with Gasteiger partial charge in [0.05, 0.1) is 0 Å². The molecule has 0 aromatic heterocycles. The molecule has 1 aliphatic rings. The van der Waals surface area contributed by atoms with Gasteiger partial charge in [0.25, 0.3) is 0 Å². The van der Waals surface area contributed by atoms with Crippen molar-refractivity contribution in [3.63, 3.8) is 0 Å². The summed E-state index contributed by atoms with van der Waals surface area (Å²) >= 11 is 9.40. The van der Waals surface area contributed by atoms with Gasteiger partial charge in [-0.15, -0.1) is 0 Å². The molecule has 3 heteroatoms. The minimum absolute atomic E-state index is 0.779. The Hall–Kier alpha value is -0.0500. The SMILES string of the molecule is CC1CC1CNCc1ccc(Cl)cc1Br. The summed E-state index contributed by atoms with van der Waals surface area (Å²) in [6.45, 7) is 4.36. The van der Waals surface area contributed by atoms with E-state index in [1.165, 1.54) is 12.0 Å². The van der Waals surface area contributed by atoms with Crippen LogP contribution in [0, 0.1) is 11.8 Å². The fourth-order valence-corrected chi connectivity index (χ4v) is 2.56. The molecule has 2 atom stereocenters. The maximum absolute atomic E-state index is 5.88. The van der Waals surface area contributed by atoms with E-state index in [9.17, 15) is 0 Å². The highest BCUT2D eigenvalue weighted by molar-refractivity contribution is 9.10. The zero-order chi connectivity index (χ0) is 10.8. The quantitative estimate of drug-likeness (QED) is 0.887. The van der Waals surface area contributed by atoms with Crippen LogP contribution in [-0.2, 0) is 6.54 Å². The van der Waals surface area contributed by atoms with Crippen LogP contribution >= 0.6 is 27.5 Å². The summed E-state index contributed by atoms with van der Waals surface area (Å²) in [5.41, 5.74) is 1.27. The van der Waals surface area contributed by atoms with E-state index in [4.69, 9.17) is 11.6 Å². The van der Waals surface area contributed by atoms with Crippen LogP contribution in [0.5, 0.6) is 0 Å². The average Bonchev–Trinajstić information content (AvgIpc) is 2.86. The van der Waals surface area contributed by atoms with E-state index < -0.39 is 0 Å². The van der Waals surface area contributed by atoms with Gasteiger partial charge in [0.1, 0.15) is 0 Å². The summed E-state index contributed by atoms with van der Waals surface area (Å²) in [5.74, 6) is 1.82. The van der Waals surface area contributed by atoms with Crippen molar-refractivity contribution in [3.8, 4) is 0 Å². The van der Waals surface area contributed by atoms with Crippen LogP contribution in [0.1, 0.15) is 18.9 Å². The van der Waals surface area contributed by atoms with Crippen molar-refractivity contribution in [2.24, 2.45) is 11.8 Å². The van der Waals surface area contributed by atoms with Gasteiger partial charge < -0.3 is 5.32 Å². The van der Waals surface area contributed by atoms with Crippen molar-refractivity contribution in [3.05, 3.63) is 33.3 Å². The van der Waals surface area contributed by atoms with Crippen molar-refractivity contribution in [2.75, 3.05) is 6.54 Å². The summed E-state index contributed by atoms with van der Waals surface area (Å²) < 4.78 is 1.09. The Kier molecular flexibility index (Phi) is 3.70. The van der Waals surface area contributed by atoms with Gasteiger partial charge in [0.2, 0.25) is 0 Å². The molecule has 0 spiro atoms. The zero-order valence-corrected chi connectivity index (χ0v) is 11.1. The molecular weight excluding hydrogens is 273 g/mol. The molecule has 2 rings (SSSR count). The average molecular weight is 289 g/mol. The van der Waals surface area contributed by atoms with E-state index >= 15 is 0 Å². The third-order valence-corrected chi connectivity index (χ3v) is 3.99. The minimum atomic E-state index is 0.779. The van der Waals surface area contributed by atoms with Crippen LogP contribution in [-0.4, -0.2) is 6.54 Å². The van der Waals surface area contributed by atoms with Crippen molar-refractivity contribution in [1.82, 2.24) is 5.32 Å². The Balaban J connectivity index is 1.82. The monoisotopic (exact) mass is 287 g/mol. The van der Waals surface area contributed by atoms with E-state index in [1.54, 1.807) is 0 Å². The first-order valence-corrected chi connectivity index (χ1v) is 6.48. The van der Waals surface area contributed by atoms with Gasteiger partial charge in [-0.2, -0.15) is 0 Å². The molecule has 1 fully saturated rings. The third-order valence-electron chi connectivity index (χ3n) is 3.01. The van der Waals surface area contributed by atoms with Crippen LogP contribution in [0.3, 0.4) is 0 Å². The Morgan fingerprint density at radius 3 is 2.87 bits per heavy atom. The molecule has 1 aromatic carbocycles. The van der Waals surface area contributed by atoms with E-state index in [0.29, 0.717) is 0 Å². The largest absolute Gasteiger partial charge is 0.312 e. The number of hydrogen-bond acceptors (Lipinski definition) is 1. The fourth-order valence-electron chi connectivity index (χ4n) is 1.74. The summed E-state index contributed by atoms with van der Waals surface area (Å²) in [7, 11) is 0. The van der Waals surface area contributed by atoms with Gasteiger partial charge in [-0.25, -0.2) is 0 Å². The van der Waals surface area contributed by atoms with Crippen molar-refractivity contribution < 1.29 is 0 Å². The van der Waals surface area contributed by atoms with Crippen LogP contribution in [0.25, 0.3) is 0 Å². The van der Waals surface area contributed by atoms with Crippen molar-refractivity contribution >= 4 is 27.5 Å². The van der Waals surface area contributed by atoms with Crippen molar-refractivity contribution in [1.29, 1.82) is 0 Å². The molecule has 0 bridgehead atoms. The van der Waals surface area contributed by atoms with E-state index in [0.717, 1.165) is 34.4 Å². The molecule has 0 aliphatic heterocycles.